The van der Waals surface area contributed by atoms with E-state index in [1.54, 1.807) is 0 Å². The summed E-state index contributed by atoms with van der Waals surface area (Å²) in [4.78, 5) is 24.0. The Hall–Kier alpha value is -1.41. The monoisotopic (exact) mass is 373 g/mol. The molecule has 1 saturated carbocycles. The first-order valence-corrected chi connectivity index (χ1v) is 10.6. The number of carbonyl (C=O) groups excluding carboxylic acids is 2. The van der Waals surface area contributed by atoms with E-state index < -0.39 is 22.0 Å². The van der Waals surface area contributed by atoms with E-state index in [9.17, 15) is 18.0 Å². The second kappa shape index (κ2) is 8.80. The zero-order valence-corrected chi connectivity index (χ0v) is 15.6. The highest BCUT2D eigenvalue weighted by molar-refractivity contribution is 7.88. The van der Waals surface area contributed by atoms with Crippen LogP contribution in [0.1, 0.15) is 51.4 Å². The van der Waals surface area contributed by atoms with Gasteiger partial charge in [0, 0.05) is 18.7 Å². The van der Waals surface area contributed by atoms with Gasteiger partial charge in [0.1, 0.15) is 12.2 Å². The van der Waals surface area contributed by atoms with E-state index in [4.69, 9.17) is 9.47 Å². The van der Waals surface area contributed by atoms with Crippen LogP contribution >= 0.6 is 0 Å². The van der Waals surface area contributed by atoms with Gasteiger partial charge < -0.3 is 9.47 Å². The van der Waals surface area contributed by atoms with Gasteiger partial charge in [-0.3, -0.25) is 4.79 Å². The largest absolute Gasteiger partial charge is 0.462 e. The maximum atomic E-state index is 12.1. The van der Waals surface area contributed by atoms with Crippen molar-refractivity contribution >= 4 is 22.0 Å². The number of esters is 2. The average Bonchev–Trinajstić information content (AvgIpc) is 2.55. The summed E-state index contributed by atoms with van der Waals surface area (Å²) >= 11 is 0. The van der Waals surface area contributed by atoms with E-state index in [-0.39, 0.29) is 24.2 Å². The maximum Gasteiger partial charge on any atom is 0.334 e. The summed E-state index contributed by atoms with van der Waals surface area (Å²) in [6.45, 7) is 4.28. The molecular weight excluding hydrogens is 346 g/mol. The highest BCUT2D eigenvalue weighted by Gasteiger charge is 2.28. The fraction of sp³-hybridized carbons (Fsp3) is 0.765. The summed E-state index contributed by atoms with van der Waals surface area (Å²) in [5.74, 6) is -1.06. The van der Waals surface area contributed by atoms with Crippen LogP contribution < -0.4 is 0 Å². The Balaban J connectivity index is 1.71. The van der Waals surface area contributed by atoms with Crippen LogP contribution in [0.2, 0.25) is 0 Å². The van der Waals surface area contributed by atoms with Gasteiger partial charge in [0.15, 0.2) is 0 Å². The van der Waals surface area contributed by atoms with Crippen molar-refractivity contribution in [3.05, 3.63) is 12.2 Å². The van der Waals surface area contributed by atoms with Crippen LogP contribution in [-0.4, -0.2) is 56.2 Å². The highest BCUT2D eigenvalue weighted by atomic mass is 32.2. The molecule has 2 fully saturated rings. The summed E-state index contributed by atoms with van der Waals surface area (Å²) in [5, 5.41) is 0. The molecule has 142 valence electrons. The Morgan fingerprint density at radius 2 is 1.56 bits per heavy atom. The fourth-order valence-electron chi connectivity index (χ4n) is 3.17. The number of ether oxygens (including phenoxy) is 2. The molecule has 7 nitrogen and oxygen atoms in total. The van der Waals surface area contributed by atoms with Crippen molar-refractivity contribution in [2.75, 3.05) is 19.3 Å². The van der Waals surface area contributed by atoms with Gasteiger partial charge in [-0.05, 0) is 38.5 Å². The molecule has 1 saturated heterocycles. The van der Waals surface area contributed by atoms with Gasteiger partial charge in [-0.1, -0.05) is 13.0 Å². The van der Waals surface area contributed by atoms with E-state index >= 15 is 0 Å². The number of carbonyl (C=O) groups is 2. The molecule has 0 radical (unpaired) electrons. The van der Waals surface area contributed by atoms with Crippen molar-refractivity contribution in [3.8, 4) is 0 Å². The van der Waals surface area contributed by atoms with E-state index in [0.717, 1.165) is 25.7 Å². The molecule has 8 heteroatoms. The molecule has 2 rings (SSSR count). The molecule has 0 atom stereocenters. The summed E-state index contributed by atoms with van der Waals surface area (Å²) < 4.78 is 35.0. The van der Waals surface area contributed by atoms with Gasteiger partial charge in [0.25, 0.3) is 0 Å². The van der Waals surface area contributed by atoms with E-state index in [2.05, 4.69) is 6.58 Å². The van der Waals surface area contributed by atoms with Crippen molar-refractivity contribution in [1.82, 2.24) is 4.31 Å². The van der Waals surface area contributed by atoms with Crippen LogP contribution in [0.4, 0.5) is 0 Å². The lowest BCUT2D eigenvalue weighted by Gasteiger charge is -2.30. The van der Waals surface area contributed by atoms with Crippen LogP contribution in [0.3, 0.4) is 0 Å². The second-order valence-corrected chi connectivity index (χ2v) is 8.78. The number of piperidine rings is 1. The van der Waals surface area contributed by atoms with Crippen LogP contribution in [-0.2, 0) is 29.1 Å². The number of sulfonamides is 1. The molecule has 2 aliphatic rings. The predicted octanol–water partition coefficient (Wildman–Crippen LogP) is 1.78. The minimum absolute atomic E-state index is 0.0506. The predicted molar refractivity (Wildman–Crippen MR) is 92.3 cm³/mol. The Morgan fingerprint density at radius 1 is 1.00 bits per heavy atom. The van der Waals surface area contributed by atoms with Crippen LogP contribution in [0.15, 0.2) is 12.2 Å². The molecule has 1 aliphatic heterocycles. The fourth-order valence-corrected chi connectivity index (χ4v) is 4.05. The molecule has 0 bridgehead atoms. The number of hydrogen-bond acceptors (Lipinski definition) is 6. The van der Waals surface area contributed by atoms with E-state index in [0.29, 0.717) is 25.9 Å². The van der Waals surface area contributed by atoms with Crippen LogP contribution in [0.5, 0.6) is 0 Å². The Morgan fingerprint density at radius 3 is 2.12 bits per heavy atom. The molecular formula is C17H27NO6S. The van der Waals surface area contributed by atoms with Crippen molar-refractivity contribution in [2.45, 2.75) is 63.6 Å². The minimum atomic E-state index is -3.21. The summed E-state index contributed by atoms with van der Waals surface area (Å²) in [6.07, 6.45) is 6.53. The molecule has 0 aromatic rings. The zero-order chi connectivity index (χ0) is 18.4. The van der Waals surface area contributed by atoms with Crippen LogP contribution in [0.25, 0.3) is 0 Å². The molecule has 0 spiro atoms. The topological polar surface area (TPSA) is 90.0 Å². The Bertz CT molecular complexity index is 601. The Labute approximate surface area is 149 Å². The third kappa shape index (κ3) is 6.43. The summed E-state index contributed by atoms with van der Waals surface area (Å²) in [6, 6.07) is 0. The molecule has 0 aromatic heterocycles. The number of hydrogen-bond donors (Lipinski definition) is 0. The minimum Gasteiger partial charge on any atom is -0.462 e. The average molecular weight is 373 g/mol. The lowest BCUT2D eigenvalue weighted by Crippen LogP contribution is -2.41. The normalized spacial score (nSPS) is 20.8. The van der Waals surface area contributed by atoms with Crippen LogP contribution in [0, 0.1) is 0 Å². The van der Waals surface area contributed by atoms with Crippen molar-refractivity contribution in [2.24, 2.45) is 0 Å². The van der Waals surface area contributed by atoms with Gasteiger partial charge in [-0.25, -0.2) is 17.5 Å². The molecule has 0 unspecified atom stereocenters. The number of nitrogens with zero attached hydrogens (tertiary/aromatic N) is 1. The van der Waals surface area contributed by atoms with Gasteiger partial charge in [0.05, 0.1) is 12.7 Å². The van der Waals surface area contributed by atoms with E-state index in [1.165, 1.54) is 17.0 Å². The molecule has 25 heavy (non-hydrogen) atoms. The smallest absolute Gasteiger partial charge is 0.334 e. The molecule has 1 heterocycles. The van der Waals surface area contributed by atoms with Crippen molar-refractivity contribution in [3.63, 3.8) is 0 Å². The van der Waals surface area contributed by atoms with Crippen molar-refractivity contribution in [1.29, 1.82) is 0 Å². The Kier molecular flexibility index (Phi) is 7.01. The molecule has 0 aromatic carbocycles. The van der Waals surface area contributed by atoms with Gasteiger partial charge >= 0.3 is 11.9 Å². The standard InChI is InChI=1S/C17H27NO6S/c1-13(12-16(19)23-14-6-4-3-5-7-14)17(20)24-15-8-10-18(11-9-15)25(2,21)22/h14-15H,1,3-12H2,2H3. The molecule has 0 N–H and O–H groups in total. The lowest BCUT2D eigenvalue weighted by atomic mass is 9.98. The first-order chi connectivity index (χ1) is 11.8. The maximum absolute atomic E-state index is 12.1. The zero-order valence-electron chi connectivity index (χ0n) is 14.7. The van der Waals surface area contributed by atoms with E-state index in [1.807, 2.05) is 0 Å². The molecule has 1 aliphatic carbocycles. The first-order valence-electron chi connectivity index (χ1n) is 8.79. The first kappa shape index (κ1) is 19.9. The highest BCUT2D eigenvalue weighted by Crippen LogP contribution is 2.22. The summed E-state index contributed by atoms with van der Waals surface area (Å²) in [7, 11) is -3.21. The quantitative estimate of drug-likeness (QED) is 0.521. The molecule has 0 amide bonds. The lowest BCUT2D eigenvalue weighted by molar-refractivity contribution is -0.153. The van der Waals surface area contributed by atoms with Gasteiger partial charge in [-0.15, -0.1) is 0 Å². The SMILES string of the molecule is C=C(CC(=O)OC1CCCCC1)C(=O)OC1CCN(S(C)(=O)=O)CC1. The van der Waals surface area contributed by atoms with Gasteiger partial charge in [-0.2, -0.15) is 0 Å². The van der Waals surface area contributed by atoms with Crippen molar-refractivity contribution < 1.29 is 27.5 Å². The third-order valence-corrected chi connectivity index (χ3v) is 5.94. The number of rotatable bonds is 6. The van der Waals surface area contributed by atoms with Gasteiger partial charge in [0.2, 0.25) is 10.0 Å². The third-order valence-electron chi connectivity index (χ3n) is 4.64. The second-order valence-electron chi connectivity index (χ2n) is 6.80. The summed E-state index contributed by atoms with van der Waals surface area (Å²) in [5.41, 5.74) is 0.0753.